The van der Waals surface area contributed by atoms with Crippen molar-refractivity contribution in [3.05, 3.63) is 57.6 Å². The van der Waals surface area contributed by atoms with Crippen LogP contribution in [-0.2, 0) is 4.79 Å². The molecule has 3 aromatic rings. The number of nitrogens with two attached hydrogens (primary N) is 2. The van der Waals surface area contributed by atoms with Crippen molar-refractivity contribution in [3.8, 4) is 29.5 Å². The fourth-order valence-electron chi connectivity index (χ4n) is 3.93. The van der Waals surface area contributed by atoms with E-state index in [2.05, 4.69) is 41.9 Å². The van der Waals surface area contributed by atoms with Crippen LogP contribution in [0.25, 0.3) is 0 Å². The summed E-state index contributed by atoms with van der Waals surface area (Å²) in [6.45, 7) is -0.321. The summed E-state index contributed by atoms with van der Waals surface area (Å²) in [5.74, 6) is 0.939. The number of guanidine groups is 1. The van der Waals surface area contributed by atoms with Gasteiger partial charge in [-0.3, -0.25) is 10.1 Å². The van der Waals surface area contributed by atoms with Crippen molar-refractivity contribution in [3.63, 3.8) is 0 Å². The molecule has 198 valence electrons. The zero-order valence-corrected chi connectivity index (χ0v) is 22.3. The minimum atomic E-state index is -0.801. The molecule has 39 heavy (non-hydrogen) atoms. The van der Waals surface area contributed by atoms with Crippen LogP contribution in [0, 0.1) is 22.8 Å². The number of nitrogens with one attached hydrogen (secondary N) is 3. The second kappa shape index (κ2) is 11.5. The van der Waals surface area contributed by atoms with Gasteiger partial charge in [-0.25, -0.2) is 9.98 Å². The molecule has 0 fully saturated rings. The summed E-state index contributed by atoms with van der Waals surface area (Å²) in [6.07, 6.45) is 1.80. The second-order valence-electron chi connectivity index (χ2n) is 7.97. The number of rotatable bonds is 7. The summed E-state index contributed by atoms with van der Waals surface area (Å²) in [5.41, 5.74) is 13.8. The molecular formula is C25H22BrN9O4. The number of carbonyl (C=O) groups is 1. The molecule has 13 nitrogen and oxygen atoms in total. The standard InChI is InChI=1S/C25H22BrN9O4/c1-37-16-6-4-3-5-15(16)32-18(36)10-39-22-14(26)7-12(8-17(22)38-2)21-19-20(29)13(9-27)23(30)34-24(19)35-25(33-21)31-11-28/h3-8,21H,10H2,1-2H3,(H,32,36)(H6,29,30,31,33,34,35). The molecule has 1 aliphatic rings. The number of para-hydroxylation sites is 2. The first-order valence-electron chi connectivity index (χ1n) is 11.2. The highest BCUT2D eigenvalue weighted by Gasteiger charge is 2.31. The zero-order valence-electron chi connectivity index (χ0n) is 20.7. The van der Waals surface area contributed by atoms with Crippen LogP contribution in [0.1, 0.15) is 22.7 Å². The Hall–Kier alpha value is -5.21. The Balaban J connectivity index is 1.67. The van der Waals surface area contributed by atoms with E-state index in [0.717, 1.165) is 0 Å². The third kappa shape index (κ3) is 5.41. The summed E-state index contributed by atoms with van der Waals surface area (Å²) < 4.78 is 17.0. The van der Waals surface area contributed by atoms with Crippen molar-refractivity contribution in [1.82, 2.24) is 10.3 Å². The Kier molecular flexibility index (Phi) is 7.88. The van der Waals surface area contributed by atoms with Crippen LogP contribution in [0.15, 0.2) is 45.9 Å². The molecule has 1 amide bonds. The van der Waals surface area contributed by atoms with Gasteiger partial charge < -0.3 is 36.3 Å². The van der Waals surface area contributed by atoms with Gasteiger partial charge in [0.1, 0.15) is 35.1 Å². The maximum absolute atomic E-state index is 12.6. The number of hydrogen-bond acceptors (Lipinski definition) is 12. The lowest BCUT2D eigenvalue weighted by molar-refractivity contribution is -0.118. The van der Waals surface area contributed by atoms with Crippen LogP contribution in [-0.4, -0.2) is 37.7 Å². The van der Waals surface area contributed by atoms with Gasteiger partial charge in [0, 0.05) is 5.56 Å². The maximum atomic E-state index is 12.6. The molecule has 0 aliphatic carbocycles. The minimum absolute atomic E-state index is 0.0134. The third-order valence-electron chi connectivity index (χ3n) is 5.65. The van der Waals surface area contributed by atoms with Crippen molar-refractivity contribution < 1.29 is 19.0 Å². The van der Waals surface area contributed by atoms with Crippen LogP contribution < -0.4 is 41.6 Å². The van der Waals surface area contributed by atoms with Gasteiger partial charge in [0.15, 0.2) is 24.3 Å². The second-order valence-corrected chi connectivity index (χ2v) is 8.83. The number of ether oxygens (including phenoxy) is 3. The lowest BCUT2D eigenvalue weighted by atomic mass is 9.95. The number of aliphatic imine (C=N–C) groups is 1. The molecule has 1 unspecified atom stereocenters. The van der Waals surface area contributed by atoms with E-state index in [0.29, 0.717) is 27.0 Å². The molecule has 0 saturated heterocycles. The Labute approximate surface area is 231 Å². The fraction of sp³-hybridized carbons (Fsp3) is 0.160. The molecular weight excluding hydrogens is 570 g/mol. The Bertz CT molecular complexity index is 1560. The van der Waals surface area contributed by atoms with E-state index in [4.69, 9.17) is 30.9 Å². The number of carbonyl (C=O) groups excluding carboxylic acids is 1. The van der Waals surface area contributed by atoms with E-state index < -0.39 is 11.9 Å². The molecule has 2 heterocycles. The van der Waals surface area contributed by atoms with Gasteiger partial charge in [-0.1, -0.05) is 12.1 Å². The summed E-state index contributed by atoms with van der Waals surface area (Å²) in [6, 6.07) is 11.5. The van der Waals surface area contributed by atoms with Crippen molar-refractivity contribution in [2.45, 2.75) is 6.04 Å². The van der Waals surface area contributed by atoms with Gasteiger partial charge >= 0.3 is 0 Å². The number of methoxy groups -OCH3 is 2. The molecule has 0 saturated carbocycles. The van der Waals surface area contributed by atoms with E-state index in [1.807, 2.05) is 6.07 Å². The lowest BCUT2D eigenvalue weighted by Crippen LogP contribution is -2.32. The predicted octanol–water partition coefficient (Wildman–Crippen LogP) is 2.86. The number of anilines is 4. The van der Waals surface area contributed by atoms with Crippen molar-refractivity contribution in [1.29, 1.82) is 10.5 Å². The number of halogens is 1. The summed E-state index contributed by atoms with van der Waals surface area (Å²) in [7, 11) is 2.95. The maximum Gasteiger partial charge on any atom is 0.262 e. The van der Waals surface area contributed by atoms with Crippen LogP contribution in [0.3, 0.4) is 0 Å². The zero-order chi connectivity index (χ0) is 28.1. The first-order chi connectivity index (χ1) is 18.8. The van der Waals surface area contributed by atoms with Crippen molar-refractivity contribution in [2.24, 2.45) is 4.99 Å². The van der Waals surface area contributed by atoms with Gasteiger partial charge in [0.2, 0.25) is 5.96 Å². The van der Waals surface area contributed by atoms with Gasteiger partial charge in [-0.15, -0.1) is 0 Å². The fourth-order valence-corrected chi connectivity index (χ4v) is 4.51. The lowest BCUT2D eigenvalue weighted by Gasteiger charge is -2.27. The Morgan fingerprint density at radius 3 is 2.62 bits per heavy atom. The Morgan fingerprint density at radius 1 is 1.18 bits per heavy atom. The van der Waals surface area contributed by atoms with Gasteiger partial charge in [-0.2, -0.15) is 10.5 Å². The molecule has 1 aromatic heterocycles. The molecule has 4 rings (SSSR count). The molecule has 0 radical (unpaired) electrons. The van der Waals surface area contributed by atoms with Crippen LogP contribution in [0.2, 0.25) is 0 Å². The van der Waals surface area contributed by atoms with Gasteiger partial charge in [0.05, 0.1) is 30.1 Å². The highest BCUT2D eigenvalue weighted by atomic mass is 79.9. The number of amides is 1. The van der Waals surface area contributed by atoms with E-state index in [1.54, 1.807) is 42.6 Å². The molecule has 2 aromatic carbocycles. The normalized spacial score (nSPS) is 13.5. The molecule has 0 spiro atoms. The smallest absolute Gasteiger partial charge is 0.262 e. The molecule has 0 bridgehead atoms. The summed E-state index contributed by atoms with van der Waals surface area (Å²) >= 11 is 3.48. The third-order valence-corrected chi connectivity index (χ3v) is 6.24. The van der Waals surface area contributed by atoms with Crippen molar-refractivity contribution in [2.75, 3.05) is 42.9 Å². The Morgan fingerprint density at radius 2 is 1.92 bits per heavy atom. The largest absolute Gasteiger partial charge is 0.495 e. The quantitative estimate of drug-likeness (QED) is 0.199. The number of hydrogen-bond donors (Lipinski definition) is 5. The number of benzene rings is 2. The van der Waals surface area contributed by atoms with Crippen LogP contribution in [0.5, 0.6) is 17.2 Å². The van der Waals surface area contributed by atoms with E-state index in [1.165, 1.54) is 14.2 Å². The molecule has 14 heteroatoms. The number of aromatic nitrogens is 1. The first kappa shape index (κ1) is 26.8. The number of nitriles is 2. The SMILES string of the molecule is COc1ccccc1NC(=O)COc1c(Br)cc(C2N=C(NC#N)Nc3nc(N)c(C#N)c(N)c32)cc1OC. The first-order valence-corrected chi connectivity index (χ1v) is 12.0. The van der Waals surface area contributed by atoms with Crippen LogP contribution in [0.4, 0.5) is 23.0 Å². The highest BCUT2D eigenvalue weighted by Crippen LogP contribution is 2.45. The number of nitrogen functional groups attached to an aromatic ring is 2. The summed E-state index contributed by atoms with van der Waals surface area (Å²) in [4.78, 5) is 21.4. The summed E-state index contributed by atoms with van der Waals surface area (Å²) in [5, 5.41) is 26.7. The molecule has 1 aliphatic heterocycles. The molecule has 7 N–H and O–H groups in total. The minimum Gasteiger partial charge on any atom is -0.495 e. The van der Waals surface area contributed by atoms with E-state index in [-0.39, 0.29) is 47.0 Å². The van der Waals surface area contributed by atoms with Gasteiger partial charge in [-0.05, 0) is 45.8 Å². The average molecular weight is 592 g/mol. The topological polar surface area (TPSA) is 206 Å². The monoisotopic (exact) mass is 591 g/mol. The molecule has 1 atom stereocenters. The van der Waals surface area contributed by atoms with E-state index in [9.17, 15) is 10.1 Å². The predicted molar refractivity (Wildman–Crippen MR) is 147 cm³/mol. The number of pyridine rings is 1. The number of nitrogens with zero attached hydrogens (tertiary/aromatic N) is 4. The van der Waals surface area contributed by atoms with Crippen molar-refractivity contribution >= 4 is 50.8 Å². The van der Waals surface area contributed by atoms with Gasteiger partial charge in [0.25, 0.3) is 5.91 Å². The van der Waals surface area contributed by atoms with Crippen LogP contribution >= 0.6 is 15.9 Å². The number of fused-ring (bicyclic) bond motifs is 1. The average Bonchev–Trinajstić information content (AvgIpc) is 2.92. The van der Waals surface area contributed by atoms with E-state index >= 15 is 0 Å². The highest BCUT2D eigenvalue weighted by molar-refractivity contribution is 9.10.